The average Bonchev–Trinajstić information content (AvgIpc) is 3.54. The molecule has 0 spiro atoms. The number of fused-ring (bicyclic) bond motifs is 2. The number of rotatable bonds is 7. The van der Waals surface area contributed by atoms with Gasteiger partial charge in [0.25, 0.3) is 0 Å². The number of likely N-dealkylation sites (tertiary alicyclic amines) is 1. The summed E-state index contributed by atoms with van der Waals surface area (Å²) in [6.07, 6.45) is 7.03. The summed E-state index contributed by atoms with van der Waals surface area (Å²) in [7, 11) is 0. The van der Waals surface area contributed by atoms with E-state index in [0.717, 1.165) is 54.7 Å². The molecule has 35 heavy (non-hydrogen) atoms. The summed E-state index contributed by atoms with van der Waals surface area (Å²) in [5, 5.41) is 15.7. The second kappa shape index (κ2) is 10.2. The minimum atomic E-state index is -0.760. The number of hydrogen-bond acceptors (Lipinski definition) is 4. The van der Waals surface area contributed by atoms with Gasteiger partial charge in [-0.25, -0.2) is 4.39 Å². The van der Waals surface area contributed by atoms with Crippen LogP contribution >= 0.6 is 0 Å². The van der Waals surface area contributed by atoms with Crippen molar-refractivity contribution in [2.45, 2.75) is 63.1 Å². The van der Waals surface area contributed by atoms with E-state index in [1.54, 1.807) is 6.07 Å². The van der Waals surface area contributed by atoms with Gasteiger partial charge in [-0.15, -0.1) is 0 Å². The first-order chi connectivity index (χ1) is 17.0. The molecule has 1 amide bonds. The van der Waals surface area contributed by atoms with Gasteiger partial charge in [-0.3, -0.25) is 4.79 Å². The molecule has 2 aromatic rings. The minimum absolute atomic E-state index is 0.143. The molecule has 4 atom stereocenters. The molecule has 0 aromatic heterocycles. The Morgan fingerprint density at radius 3 is 2.51 bits per heavy atom. The van der Waals surface area contributed by atoms with Crippen molar-refractivity contribution < 1.29 is 9.18 Å². The molecule has 2 saturated heterocycles. The molecule has 2 aromatic carbocycles. The molecule has 3 fully saturated rings. The van der Waals surface area contributed by atoms with Crippen LogP contribution in [-0.2, 0) is 11.2 Å². The van der Waals surface area contributed by atoms with Gasteiger partial charge in [0, 0.05) is 31.2 Å². The van der Waals surface area contributed by atoms with E-state index in [4.69, 9.17) is 0 Å². The number of nitrogens with zero attached hydrogens (tertiary/aromatic N) is 2. The van der Waals surface area contributed by atoms with Gasteiger partial charge < -0.3 is 15.5 Å². The second-order valence-electron chi connectivity index (χ2n) is 10.2. The zero-order valence-corrected chi connectivity index (χ0v) is 20.1. The van der Waals surface area contributed by atoms with E-state index < -0.39 is 6.04 Å². The Hall–Kier alpha value is -3.17. The van der Waals surface area contributed by atoms with Crippen LogP contribution in [-0.4, -0.2) is 42.0 Å². The normalized spacial score (nSPS) is 24.1. The first-order valence-corrected chi connectivity index (χ1v) is 12.8. The summed E-state index contributed by atoms with van der Waals surface area (Å²) in [5.74, 6) is -0.164. The number of halogens is 1. The molecule has 2 N–H and O–H groups in total. The molecule has 2 aliphatic heterocycles. The van der Waals surface area contributed by atoms with Gasteiger partial charge in [-0.05, 0) is 72.8 Å². The third-order valence-corrected chi connectivity index (χ3v) is 7.88. The number of nitrogens with one attached hydrogen (secondary N) is 2. The summed E-state index contributed by atoms with van der Waals surface area (Å²) in [5.41, 5.74) is 4.27. The summed E-state index contributed by atoms with van der Waals surface area (Å²) in [4.78, 5) is 15.0. The number of carbonyl (C=O) groups is 1. The molecule has 1 aliphatic carbocycles. The number of carbonyl (C=O) groups excluding carboxylic acids is 1. The lowest BCUT2D eigenvalue weighted by atomic mass is 9.97. The Morgan fingerprint density at radius 1 is 1.14 bits per heavy atom. The van der Waals surface area contributed by atoms with Crippen LogP contribution in [0.15, 0.2) is 49.0 Å². The number of piperidine rings is 2. The maximum atomic E-state index is 15.0. The molecular weight excluding hydrogens is 439 g/mol. The van der Waals surface area contributed by atoms with E-state index in [1.165, 1.54) is 25.3 Å². The van der Waals surface area contributed by atoms with Gasteiger partial charge in [0.05, 0.1) is 12.1 Å². The van der Waals surface area contributed by atoms with Crippen molar-refractivity contribution in [1.29, 1.82) is 5.26 Å². The van der Waals surface area contributed by atoms with Gasteiger partial charge >= 0.3 is 0 Å². The highest BCUT2D eigenvalue weighted by Crippen LogP contribution is 2.35. The largest absolute Gasteiger partial charge is 0.372 e. The second-order valence-corrected chi connectivity index (χ2v) is 10.2. The van der Waals surface area contributed by atoms with Crippen molar-refractivity contribution in [1.82, 2.24) is 15.5 Å². The summed E-state index contributed by atoms with van der Waals surface area (Å²) >= 11 is 0. The van der Waals surface area contributed by atoms with Crippen molar-refractivity contribution in [2.24, 2.45) is 5.92 Å². The van der Waals surface area contributed by atoms with Gasteiger partial charge in [0.1, 0.15) is 11.9 Å². The first kappa shape index (κ1) is 23.6. The van der Waals surface area contributed by atoms with E-state index >= 15 is 0 Å². The maximum Gasteiger partial charge on any atom is 0.238 e. The van der Waals surface area contributed by atoms with Crippen molar-refractivity contribution in [3.8, 4) is 17.2 Å². The van der Waals surface area contributed by atoms with Crippen molar-refractivity contribution in [2.75, 3.05) is 13.1 Å². The first-order valence-electron chi connectivity index (χ1n) is 12.8. The van der Waals surface area contributed by atoms with Crippen LogP contribution in [0.1, 0.15) is 49.7 Å². The number of nitriles is 1. The third-order valence-electron chi connectivity index (χ3n) is 7.88. The summed E-state index contributed by atoms with van der Waals surface area (Å²) in [6.45, 7) is 6.38. The lowest BCUT2D eigenvalue weighted by Gasteiger charge is -2.30. The zero-order chi connectivity index (χ0) is 24.4. The van der Waals surface area contributed by atoms with Crippen LogP contribution < -0.4 is 10.6 Å². The van der Waals surface area contributed by atoms with E-state index in [9.17, 15) is 14.4 Å². The van der Waals surface area contributed by atoms with E-state index in [-0.39, 0.29) is 24.2 Å². The van der Waals surface area contributed by atoms with Crippen LogP contribution in [0.2, 0.25) is 0 Å². The van der Waals surface area contributed by atoms with Gasteiger partial charge in [0.15, 0.2) is 0 Å². The van der Waals surface area contributed by atoms with Crippen molar-refractivity contribution in [3.05, 3.63) is 66.0 Å². The summed E-state index contributed by atoms with van der Waals surface area (Å²) in [6, 6.07) is 14.7. The molecule has 0 unspecified atom stereocenters. The Kier molecular flexibility index (Phi) is 6.88. The van der Waals surface area contributed by atoms with E-state index in [2.05, 4.69) is 28.2 Å². The zero-order valence-electron chi connectivity index (χ0n) is 20.1. The highest BCUT2D eigenvalue weighted by molar-refractivity contribution is 5.83. The molecule has 5 rings (SSSR count). The smallest absolute Gasteiger partial charge is 0.238 e. The fourth-order valence-corrected chi connectivity index (χ4v) is 5.85. The lowest BCUT2D eigenvalue weighted by Crippen LogP contribution is -2.50. The van der Waals surface area contributed by atoms with Gasteiger partial charge in [-0.2, -0.15) is 5.26 Å². The molecular formula is C29H33FN4O. The number of benzene rings is 2. The predicted octanol–water partition coefficient (Wildman–Crippen LogP) is 4.64. The molecule has 2 bridgehead atoms. The molecule has 6 heteroatoms. The maximum absolute atomic E-state index is 15.0. The Labute approximate surface area is 207 Å². The standard InChI is InChI=1S/C29H33FN4O/c1-19(34-13-3-2-4-14-34)20-5-7-21(8-6-20)22-9-10-23(27(30)17-22)15-26(18-31)33-29(35)28-24-11-12-25(16-24)32-28/h5-10,17,24-26,28,32H,1-4,11-16H2,(H,33,35)/t24-,25+,26-,28-/m0/s1. The van der Waals surface area contributed by atoms with Crippen molar-refractivity contribution in [3.63, 3.8) is 0 Å². The molecule has 3 aliphatic rings. The highest BCUT2D eigenvalue weighted by atomic mass is 19.1. The molecule has 182 valence electrons. The highest BCUT2D eigenvalue weighted by Gasteiger charge is 2.43. The topological polar surface area (TPSA) is 68.2 Å². The van der Waals surface area contributed by atoms with Crippen molar-refractivity contribution >= 4 is 11.6 Å². The van der Waals surface area contributed by atoms with E-state index in [1.807, 2.05) is 30.3 Å². The van der Waals surface area contributed by atoms with Crippen LogP contribution in [0.25, 0.3) is 16.8 Å². The van der Waals surface area contributed by atoms with E-state index in [0.29, 0.717) is 17.5 Å². The molecule has 5 nitrogen and oxygen atoms in total. The quantitative estimate of drug-likeness (QED) is 0.616. The Balaban J connectivity index is 1.22. The lowest BCUT2D eigenvalue weighted by molar-refractivity contribution is -0.124. The van der Waals surface area contributed by atoms with Crippen LogP contribution in [0.4, 0.5) is 4.39 Å². The van der Waals surface area contributed by atoms with Crippen LogP contribution in [0.5, 0.6) is 0 Å². The predicted molar refractivity (Wildman–Crippen MR) is 136 cm³/mol. The monoisotopic (exact) mass is 472 g/mol. The number of amides is 1. The summed E-state index contributed by atoms with van der Waals surface area (Å²) < 4.78 is 15.0. The third kappa shape index (κ3) is 5.11. The Morgan fingerprint density at radius 2 is 1.89 bits per heavy atom. The Bertz CT molecular complexity index is 1130. The fraction of sp³-hybridized carbons (Fsp3) is 0.448. The van der Waals surface area contributed by atoms with Crippen LogP contribution in [0, 0.1) is 23.1 Å². The molecule has 0 radical (unpaired) electrons. The minimum Gasteiger partial charge on any atom is -0.372 e. The fourth-order valence-electron chi connectivity index (χ4n) is 5.85. The molecule has 1 saturated carbocycles. The molecule has 2 heterocycles. The average molecular weight is 473 g/mol. The van der Waals surface area contributed by atoms with Crippen LogP contribution in [0.3, 0.4) is 0 Å². The van der Waals surface area contributed by atoms with Gasteiger partial charge in [-0.1, -0.05) is 43.0 Å². The SMILES string of the molecule is C=C(c1ccc(-c2ccc(C[C@@H](C#N)NC(=O)[C@H]3N[C@@H]4CC[C@H]3C4)c(F)c2)cc1)N1CCCCC1. The number of hydrogen-bond donors (Lipinski definition) is 2. The van der Waals surface area contributed by atoms with Gasteiger partial charge in [0.2, 0.25) is 5.91 Å².